The lowest BCUT2D eigenvalue weighted by molar-refractivity contribution is -0.121. The van der Waals surface area contributed by atoms with Crippen LogP contribution in [0.3, 0.4) is 0 Å². The summed E-state index contributed by atoms with van der Waals surface area (Å²) >= 11 is 0. The van der Waals surface area contributed by atoms with E-state index in [2.05, 4.69) is 0 Å². The lowest BCUT2D eigenvalue weighted by Gasteiger charge is -2.19. The maximum atomic E-state index is 12.6. The smallest absolute Gasteiger partial charge is 0.242 e. The first kappa shape index (κ1) is 17.0. The van der Waals surface area contributed by atoms with E-state index >= 15 is 0 Å². The van der Waals surface area contributed by atoms with Crippen molar-refractivity contribution in [2.24, 2.45) is 0 Å². The lowest BCUT2D eigenvalue weighted by Crippen LogP contribution is -2.33. The van der Waals surface area contributed by atoms with Crippen LogP contribution in [0.25, 0.3) is 0 Å². The Labute approximate surface area is 133 Å². The summed E-state index contributed by atoms with van der Waals surface area (Å²) in [5.41, 5.74) is 0.854. The Kier molecular flexibility index (Phi) is 4.37. The monoisotopic (exact) mass is 324 g/mol. The van der Waals surface area contributed by atoms with E-state index in [0.717, 1.165) is 24.1 Å². The third-order valence-corrected chi connectivity index (χ3v) is 6.23. The largest absolute Gasteiger partial charge is 0.314 e. The maximum Gasteiger partial charge on any atom is 0.242 e. The minimum absolute atomic E-state index is 0.0172. The number of hydrogen-bond donors (Lipinski definition) is 0. The van der Waals surface area contributed by atoms with Crippen LogP contribution in [-0.2, 0) is 20.2 Å². The molecule has 6 heteroatoms. The van der Waals surface area contributed by atoms with Gasteiger partial charge in [0.25, 0.3) is 0 Å². The van der Waals surface area contributed by atoms with Gasteiger partial charge < -0.3 is 4.90 Å². The van der Waals surface area contributed by atoms with E-state index in [4.69, 9.17) is 0 Å². The zero-order valence-electron chi connectivity index (χ0n) is 13.9. The van der Waals surface area contributed by atoms with E-state index in [-0.39, 0.29) is 10.8 Å². The molecule has 0 unspecified atom stereocenters. The van der Waals surface area contributed by atoms with Crippen molar-refractivity contribution in [3.05, 3.63) is 23.8 Å². The summed E-state index contributed by atoms with van der Waals surface area (Å²) in [7, 11) is -0.197. The highest BCUT2D eigenvalue weighted by molar-refractivity contribution is 7.89. The SMILES string of the molecule is CCCCN(C)S(=O)(=O)c1ccc2c(c1)C(C)(C)C(=O)N2C. The first-order valence-corrected chi connectivity index (χ1v) is 8.97. The van der Waals surface area contributed by atoms with Crippen molar-refractivity contribution in [1.29, 1.82) is 0 Å². The van der Waals surface area contributed by atoms with Gasteiger partial charge in [-0.05, 0) is 44.0 Å². The van der Waals surface area contributed by atoms with Gasteiger partial charge in [0.15, 0.2) is 0 Å². The molecule has 22 heavy (non-hydrogen) atoms. The summed E-state index contributed by atoms with van der Waals surface area (Å²) in [5, 5.41) is 0. The summed E-state index contributed by atoms with van der Waals surface area (Å²) < 4.78 is 26.7. The standard InChI is InChI=1S/C16H24N2O3S/c1-6-7-10-17(4)22(20,21)12-8-9-14-13(11-12)16(2,3)15(19)18(14)5/h8-9,11H,6-7,10H2,1-5H3. The highest BCUT2D eigenvalue weighted by Gasteiger charge is 2.42. The number of likely N-dealkylation sites (N-methyl/N-ethyl adjacent to an activating group) is 1. The molecule has 0 saturated carbocycles. The van der Waals surface area contributed by atoms with Crippen molar-refractivity contribution in [2.45, 2.75) is 43.9 Å². The molecule has 1 heterocycles. The van der Waals surface area contributed by atoms with Crippen LogP contribution in [0.15, 0.2) is 23.1 Å². The number of carbonyl (C=O) groups is 1. The molecule has 0 spiro atoms. The zero-order valence-corrected chi connectivity index (χ0v) is 14.7. The van der Waals surface area contributed by atoms with Crippen LogP contribution in [-0.4, -0.2) is 39.3 Å². The van der Waals surface area contributed by atoms with Gasteiger partial charge in [0.05, 0.1) is 10.3 Å². The Hall–Kier alpha value is -1.40. The minimum atomic E-state index is -3.51. The van der Waals surface area contributed by atoms with Gasteiger partial charge in [-0.1, -0.05) is 13.3 Å². The number of fused-ring (bicyclic) bond motifs is 1. The van der Waals surface area contributed by atoms with Crippen LogP contribution < -0.4 is 4.90 Å². The topological polar surface area (TPSA) is 57.7 Å². The van der Waals surface area contributed by atoms with E-state index in [1.807, 2.05) is 20.8 Å². The van der Waals surface area contributed by atoms with E-state index in [9.17, 15) is 13.2 Å². The predicted octanol–water partition coefficient (Wildman–Crippen LogP) is 2.36. The van der Waals surface area contributed by atoms with Crippen LogP contribution >= 0.6 is 0 Å². The number of benzene rings is 1. The number of carbonyl (C=O) groups excluding carboxylic acids is 1. The van der Waals surface area contributed by atoms with Crippen molar-refractivity contribution in [3.8, 4) is 0 Å². The molecular formula is C16H24N2O3S. The molecule has 122 valence electrons. The second-order valence-corrected chi connectivity index (χ2v) is 8.39. The summed E-state index contributed by atoms with van der Waals surface area (Å²) in [4.78, 5) is 14.1. The summed E-state index contributed by atoms with van der Waals surface area (Å²) in [6.45, 7) is 6.18. The highest BCUT2D eigenvalue weighted by Crippen LogP contribution is 2.41. The molecule has 1 aromatic rings. The Morgan fingerprint density at radius 3 is 2.50 bits per heavy atom. The minimum Gasteiger partial charge on any atom is -0.314 e. The molecule has 1 aromatic carbocycles. The fraction of sp³-hybridized carbons (Fsp3) is 0.562. The average molecular weight is 324 g/mol. The predicted molar refractivity (Wildman–Crippen MR) is 87.6 cm³/mol. The van der Waals surface area contributed by atoms with Gasteiger partial charge in [0.2, 0.25) is 15.9 Å². The summed E-state index contributed by atoms with van der Waals surface area (Å²) in [6.07, 6.45) is 1.77. The number of nitrogens with zero attached hydrogens (tertiary/aromatic N) is 2. The van der Waals surface area contributed by atoms with E-state index in [1.165, 1.54) is 4.31 Å². The van der Waals surface area contributed by atoms with Gasteiger partial charge in [0.1, 0.15) is 0 Å². The molecule has 2 rings (SSSR count). The number of sulfonamides is 1. The molecule has 0 atom stereocenters. The average Bonchev–Trinajstić information content (AvgIpc) is 2.65. The van der Waals surface area contributed by atoms with Gasteiger partial charge >= 0.3 is 0 Å². The second kappa shape index (κ2) is 5.66. The fourth-order valence-electron chi connectivity index (χ4n) is 2.79. The number of hydrogen-bond acceptors (Lipinski definition) is 3. The van der Waals surface area contributed by atoms with Crippen molar-refractivity contribution >= 4 is 21.6 Å². The van der Waals surface area contributed by atoms with Crippen LogP contribution in [0.1, 0.15) is 39.2 Å². The fourth-order valence-corrected chi connectivity index (χ4v) is 4.03. The van der Waals surface area contributed by atoms with Gasteiger partial charge in [-0.3, -0.25) is 4.79 Å². The normalized spacial score (nSPS) is 17.2. The van der Waals surface area contributed by atoms with E-state index < -0.39 is 15.4 Å². The number of anilines is 1. The molecule has 1 amide bonds. The van der Waals surface area contributed by atoms with Gasteiger partial charge in [-0.15, -0.1) is 0 Å². The molecule has 1 aliphatic rings. The number of rotatable bonds is 5. The zero-order chi connectivity index (χ0) is 16.7. The molecule has 0 aliphatic carbocycles. The molecule has 0 N–H and O–H groups in total. The molecule has 0 bridgehead atoms. The number of unbranched alkanes of at least 4 members (excludes halogenated alkanes) is 1. The van der Waals surface area contributed by atoms with Crippen molar-refractivity contribution < 1.29 is 13.2 Å². The molecule has 5 nitrogen and oxygen atoms in total. The van der Waals surface area contributed by atoms with Crippen molar-refractivity contribution in [1.82, 2.24) is 4.31 Å². The lowest BCUT2D eigenvalue weighted by atomic mass is 9.86. The summed E-state index contributed by atoms with van der Waals surface area (Å²) in [6, 6.07) is 4.96. The molecular weight excluding hydrogens is 300 g/mol. The van der Waals surface area contributed by atoms with Crippen LogP contribution in [0.2, 0.25) is 0 Å². The molecule has 1 aliphatic heterocycles. The van der Waals surface area contributed by atoms with Crippen molar-refractivity contribution in [3.63, 3.8) is 0 Å². The van der Waals surface area contributed by atoms with Gasteiger partial charge in [-0.25, -0.2) is 12.7 Å². The molecule has 0 aromatic heterocycles. The van der Waals surface area contributed by atoms with E-state index in [0.29, 0.717) is 6.54 Å². The highest BCUT2D eigenvalue weighted by atomic mass is 32.2. The quantitative estimate of drug-likeness (QED) is 0.835. The Morgan fingerprint density at radius 1 is 1.27 bits per heavy atom. The Morgan fingerprint density at radius 2 is 1.91 bits per heavy atom. The van der Waals surface area contributed by atoms with Crippen LogP contribution in [0.4, 0.5) is 5.69 Å². The first-order chi connectivity index (χ1) is 10.1. The molecule has 0 radical (unpaired) electrons. The molecule has 0 fully saturated rings. The van der Waals surface area contributed by atoms with Gasteiger partial charge in [-0.2, -0.15) is 0 Å². The van der Waals surface area contributed by atoms with Gasteiger partial charge in [0, 0.05) is 26.3 Å². The third-order valence-electron chi connectivity index (χ3n) is 4.38. The third kappa shape index (κ3) is 2.54. The first-order valence-electron chi connectivity index (χ1n) is 7.53. The summed E-state index contributed by atoms with van der Waals surface area (Å²) in [5.74, 6) is -0.0172. The molecule has 0 saturated heterocycles. The second-order valence-electron chi connectivity index (χ2n) is 6.35. The Balaban J connectivity index is 2.45. The van der Waals surface area contributed by atoms with Crippen LogP contribution in [0.5, 0.6) is 0 Å². The van der Waals surface area contributed by atoms with Crippen molar-refractivity contribution in [2.75, 3.05) is 25.5 Å². The number of amides is 1. The maximum absolute atomic E-state index is 12.6. The van der Waals surface area contributed by atoms with Crippen LogP contribution in [0, 0.1) is 0 Å². The van der Waals surface area contributed by atoms with E-state index in [1.54, 1.807) is 37.2 Å². The Bertz CT molecular complexity index is 695.